The first-order chi connectivity index (χ1) is 6.58. The van der Waals surface area contributed by atoms with Gasteiger partial charge in [0, 0.05) is 19.0 Å². The van der Waals surface area contributed by atoms with Gasteiger partial charge in [0.25, 0.3) is 0 Å². The van der Waals surface area contributed by atoms with Gasteiger partial charge in [-0.25, -0.2) is 0 Å². The number of nitrogens with one attached hydrogen (secondary N) is 1. The molecule has 0 saturated heterocycles. The first-order valence-electron chi connectivity index (χ1n) is 5.04. The molecule has 0 aromatic carbocycles. The van der Waals surface area contributed by atoms with Crippen LogP contribution in [0.3, 0.4) is 0 Å². The van der Waals surface area contributed by atoms with Gasteiger partial charge in [-0.1, -0.05) is 0 Å². The third-order valence-electron chi connectivity index (χ3n) is 2.76. The molecule has 0 aromatic rings. The van der Waals surface area contributed by atoms with Crippen LogP contribution in [-0.4, -0.2) is 30.5 Å². The molecule has 0 aromatic heterocycles. The summed E-state index contributed by atoms with van der Waals surface area (Å²) in [5.41, 5.74) is -0.181. The second kappa shape index (κ2) is 4.99. The van der Waals surface area contributed by atoms with Crippen molar-refractivity contribution in [3.63, 3.8) is 0 Å². The molecule has 1 amide bonds. The molecule has 4 heteroatoms. The molecule has 0 heterocycles. The lowest BCUT2D eigenvalue weighted by molar-refractivity contribution is -0.134. The van der Waals surface area contributed by atoms with Gasteiger partial charge in [-0.15, -0.1) is 11.6 Å². The Labute approximate surface area is 90.1 Å². The van der Waals surface area contributed by atoms with Gasteiger partial charge in [0.05, 0.1) is 12.0 Å². The lowest BCUT2D eigenvalue weighted by Gasteiger charge is -2.39. The molecule has 1 saturated carbocycles. The molecule has 1 fully saturated rings. The van der Waals surface area contributed by atoms with Crippen molar-refractivity contribution in [2.45, 2.75) is 43.6 Å². The van der Waals surface area contributed by atoms with Crippen LogP contribution in [0.2, 0.25) is 0 Å². The van der Waals surface area contributed by atoms with Crippen molar-refractivity contribution >= 4 is 17.5 Å². The fraction of sp³-hybridized carbons (Fsp3) is 0.900. The average molecular weight is 220 g/mol. The third kappa shape index (κ3) is 3.14. The third-order valence-corrected chi connectivity index (χ3v) is 2.92. The van der Waals surface area contributed by atoms with Crippen molar-refractivity contribution in [3.8, 4) is 0 Å². The van der Waals surface area contributed by atoms with Gasteiger partial charge in [0.15, 0.2) is 0 Å². The molecule has 0 spiro atoms. The summed E-state index contributed by atoms with van der Waals surface area (Å²) in [6.45, 7) is 2.39. The quantitative estimate of drug-likeness (QED) is 0.715. The van der Waals surface area contributed by atoms with Gasteiger partial charge in [0.2, 0.25) is 5.91 Å². The predicted molar refractivity (Wildman–Crippen MR) is 56.5 cm³/mol. The van der Waals surface area contributed by atoms with Crippen molar-refractivity contribution in [2.24, 2.45) is 0 Å². The Morgan fingerprint density at radius 3 is 2.64 bits per heavy atom. The van der Waals surface area contributed by atoms with Gasteiger partial charge >= 0.3 is 0 Å². The molecule has 14 heavy (non-hydrogen) atoms. The van der Waals surface area contributed by atoms with Crippen molar-refractivity contribution in [1.29, 1.82) is 0 Å². The highest BCUT2D eigenvalue weighted by Crippen LogP contribution is 2.37. The van der Waals surface area contributed by atoms with Crippen molar-refractivity contribution in [3.05, 3.63) is 0 Å². The highest BCUT2D eigenvalue weighted by Gasteiger charge is 2.38. The van der Waals surface area contributed by atoms with Crippen LogP contribution in [0, 0.1) is 0 Å². The van der Waals surface area contributed by atoms with E-state index in [1.165, 1.54) is 0 Å². The van der Waals surface area contributed by atoms with E-state index in [9.17, 15) is 4.79 Å². The fourth-order valence-electron chi connectivity index (χ4n) is 1.63. The molecule has 1 unspecified atom stereocenters. The van der Waals surface area contributed by atoms with Gasteiger partial charge in [-0.2, -0.15) is 0 Å². The number of ether oxygens (including phenoxy) is 1. The molecule has 1 aliphatic rings. The Morgan fingerprint density at radius 2 is 2.29 bits per heavy atom. The van der Waals surface area contributed by atoms with E-state index < -0.39 is 0 Å². The number of amides is 1. The van der Waals surface area contributed by atoms with Crippen LogP contribution in [0.25, 0.3) is 0 Å². The standard InChI is InChI=1S/C10H18ClNO2/c1-8(11)7-12-9(13)6-10(14-2)4-3-5-10/h8H,3-7H2,1-2H3,(H,12,13). The Balaban J connectivity index is 2.25. The maximum absolute atomic E-state index is 11.5. The Bertz CT molecular complexity index is 197. The number of methoxy groups -OCH3 is 1. The van der Waals surface area contributed by atoms with Crippen LogP contribution in [0.1, 0.15) is 32.6 Å². The molecule has 3 nitrogen and oxygen atoms in total. The van der Waals surface area contributed by atoms with E-state index in [2.05, 4.69) is 5.32 Å². The van der Waals surface area contributed by atoms with Crippen LogP contribution in [0.4, 0.5) is 0 Å². The minimum atomic E-state index is -0.181. The highest BCUT2D eigenvalue weighted by molar-refractivity contribution is 6.20. The first-order valence-corrected chi connectivity index (χ1v) is 5.47. The minimum Gasteiger partial charge on any atom is -0.378 e. The van der Waals surface area contributed by atoms with Crippen LogP contribution in [-0.2, 0) is 9.53 Å². The predicted octanol–water partition coefficient (Wildman–Crippen LogP) is 1.69. The molecule has 0 radical (unpaired) electrons. The van der Waals surface area contributed by atoms with Gasteiger partial charge < -0.3 is 10.1 Å². The zero-order valence-electron chi connectivity index (χ0n) is 8.81. The number of carbonyl (C=O) groups is 1. The van der Waals surface area contributed by atoms with E-state index in [0.29, 0.717) is 13.0 Å². The average Bonchev–Trinajstić information content (AvgIpc) is 2.08. The summed E-state index contributed by atoms with van der Waals surface area (Å²) in [7, 11) is 1.68. The topological polar surface area (TPSA) is 38.3 Å². The molecule has 1 rings (SSSR count). The summed E-state index contributed by atoms with van der Waals surface area (Å²) in [5.74, 6) is 0.0408. The van der Waals surface area contributed by atoms with E-state index in [4.69, 9.17) is 16.3 Å². The maximum atomic E-state index is 11.5. The molecular weight excluding hydrogens is 202 g/mol. The normalized spacial score (nSPS) is 21.1. The van der Waals surface area contributed by atoms with E-state index in [1.807, 2.05) is 6.92 Å². The second-order valence-electron chi connectivity index (χ2n) is 4.00. The highest BCUT2D eigenvalue weighted by atomic mass is 35.5. The Morgan fingerprint density at radius 1 is 1.64 bits per heavy atom. The number of hydrogen-bond acceptors (Lipinski definition) is 2. The Hall–Kier alpha value is -0.280. The molecule has 0 aliphatic heterocycles. The number of carbonyl (C=O) groups excluding carboxylic acids is 1. The van der Waals surface area contributed by atoms with E-state index in [0.717, 1.165) is 19.3 Å². The van der Waals surface area contributed by atoms with Crippen molar-refractivity contribution in [2.75, 3.05) is 13.7 Å². The monoisotopic (exact) mass is 219 g/mol. The SMILES string of the molecule is COC1(CC(=O)NCC(C)Cl)CCC1. The number of hydrogen-bond donors (Lipinski definition) is 1. The van der Waals surface area contributed by atoms with Crippen LogP contribution < -0.4 is 5.32 Å². The van der Waals surface area contributed by atoms with E-state index in [1.54, 1.807) is 7.11 Å². The van der Waals surface area contributed by atoms with Gasteiger partial charge in [0.1, 0.15) is 0 Å². The molecule has 1 aliphatic carbocycles. The van der Waals surface area contributed by atoms with Crippen LogP contribution in [0.15, 0.2) is 0 Å². The van der Waals surface area contributed by atoms with Crippen LogP contribution in [0.5, 0.6) is 0 Å². The molecule has 0 bridgehead atoms. The zero-order chi connectivity index (χ0) is 10.6. The summed E-state index contributed by atoms with van der Waals surface area (Å²) in [6, 6.07) is 0. The molecule has 1 N–H and O–H groups in total. The summed E-state index contributed by atoms with van der Waals surface area (Å²) in [5, 5.41) is 2.77. The summed E-state index contributed by atoms with van der Waals surface area (Å²) >= 11 is 5.73. The summed E-state index contributed by atoms with van der Waals surface area (Å²) in [6.07, 6.45) is 3.61. The summed E-state index contributed by atoms with van der Waals surface area (Å²) in [4.78, 5) is 11.5. The number of rotatable bonds is 5. The van der Waals surface area contributed by atoms with E-state index in [-0.39, 0.29) is 16.9 Å². The van der Waals surface area contributed by atoms with E-state index >= 15 is 0 Å². The second-order valence-corrected chi connectivity index (χ2v) is 4.75. The minimum absolute atomic E-state index is 0.0150. The zero-order valence-corrected chi connectivity index (χ0v) is 9.56. The van der Waals surface area contributed by atoms with Crippen LogP contribution >= 0.6 is 11.6 Å². The smallest absolute Gasteiger partial charge is 0.222 e. The Kier molecular flexibility index (Phi) is 4.20. The van der Waals surface area contributed by atoms with Crippen molar-refractivity contribution < 1.29 is 9.53 Å². The van der Waals surface area contributed by atoms with Crippen molar-refractivity contribution in [1.82, 2.24) is 5.32 Å². The molecule has 1 atom stereocenters. The molecule has 82 valence electrons. The molecular formula is C10H18ClNO2. The number of alkyl halides is 1. The van der Waals surface area contributed by atoms with Gasteiger partial charge in [-0.05, 0) is 26.2 Å². The summed E-state index contributed by atoms with van der Waals surface area (Å²) < 4.78 is 5.36. The van der Waals surface area contributed by atoms with Gasteiger partial charge in [-0.3, -0.25) is 4.79 Å². The lowest BCUT2D eigenvalue weighted by Crippen LogP contribution is -2.44. The first kappa shape index (κ1) is 11.8. The largest absolute Gasteiger partial charge is 0.378 e. The fourth-order valence-corrected chi connectivity index (χ4v) is 1.71. The number of halogens is 1. The maximum Gasteiger partial charge on any atom is 0.222 e. The lowest BCUT2D eigenvalue weighted by atomic mass is 9.77.